The highest BCUT2D eigenvalue weighted by Crippen LogP contribution is 2.33. The van der Waals surface area contributed by atoms with Crippen LogP contribution in [0.15, 0.2) is 46.9 Å². The van der Waals surface area contributed by atoms with Crippen molar-refractivity contribution in [1.29, 1.82) is 0 Å². The van der Waals surface area contributed by atoms with E-state index in [9.17, 15) is 4.39 Å². The van der Waals surface area contributed by atoms with Gasteiger partial charge in [0.05, 0.1) is 5.54 Å². The minimum Gasteiger partial charge on any atom is -0.318 e. The van der Waals surface area contributed by atoms with Crippen molar-refractivity contribution in [3.05, 3.63) is 68.9 Å². The average molecular weight is 329 g/mol. The Hall–Kier alpha value is -0.900. The average Bonchev–Trinajstić information content (AvgIpc) is 2.28. The first kappa shape index (κ1) is 13.5. The minimum atomic E-state index is -0.833. The van der Waals surface area contributed by atoms with Gasteiger partial charge in [-0.25, -0.2) is 4.39 Å². The number of rotatable bonds is 2. The molecule has 18 heavy (non-hydrogen) atoms. The molecule has 0 saturated heterocycles. The van der Waals surface area contributed by atoms with Gasteiger partial charge in [0, 0.05) is 9.50 Å². The van der Waals surface area contributed by atoms with E-state index >= 15 is 0 Å². The van der Waals surface area contributed by atoms with Crippen LogP contribution in [0.2, 0.25) is 5.02 Å². The fourth-order valence-corrected chi connectivity index (χ4v) is 2.75. The van der Waals surface area contributed by atoms with Crippen LogP contribution in [-0.2, 0) is 5.54 Å². The van der Waals surface area contributed by atoms with Gasteiger partial charge in [0.1, 0.15) is 5.82 Å². The van der Waals surface area contributed by atoms with Crippen molar-refractivity contribution in [2.24, 2.45) is 5.73 Å². The van der Waals surface area contributed by atoms with Crippen LogP contribution in [0.3, 0.4) is 0 Å². The third-order valence-electron chi connectivity index (χ3n) is 2.91. The Bertz CT molecular complexity index is 584. The van der Waals surface area contributed by atoms with Crippen molar-refractivity contribution < 1.29 is 4.39 Å². The first-order valence-corrected chi connectivity index (χ1v) is 6.59. The van der Waals surface area contributed by atoms with Crippen LogP contribution in [0.4, 0.5) is 4.39 Å². The zero-order valence-corrected chi connectivity index (χ0v) is 12.1. The topological polar surface area (TPSA) is 26.0 Å². The Kier molecular flexibility index (Phi) is 3.76. The standard InChI is InChI=1S/C14H12BrClFN/c1-14(18,9-3-2-4-11(17)7-9)12-6-5-10(15)8-13(12)16/h2-8H,18H2,1H3. The molecule has 0 amide bonds. The van der Waals surface area contributed by atoms with Crippen LogP contribution in [0.5, 0.6) is 0 Å². The van der Waals surface area contributed by atoms with Gasteiger partial charge in [-0.2, -0.15) is 0 Å². The van der Waals surface area contributed by atoms with E-state index in [0.29, 0.717) is 10.6 Å². The Morgan fingerprint density at radius 3 is 2.56 bits per heavy atom. The van der Waals surface area contributed by atoms with Crippen molar-refractivity contribution in [2.75, 3.05) is 0 Å². The lowest BCUT2D eigenvalue weighted by molar-refractivity contribution is 0.581. The lowest BCUT2D eigenvalue weighted by atomic mass is 9.85. The summed E-state index contributed by atoms with van der Waals surface area (Å²) in [6, 6.07) is 11.7. The van der Waals surface area contributed by atoms with Gasteiger partial charge in [-0.3, -0.25) is 0 Å². The Morgan fingerprint density at radius 2 is 1.94 bits per heavy atom. The molecule has 1 unspecified atom stereocenters. The summed E-state index contributed by atoms with van der Waals surface area (Å²) in [5.41, 5.74) is 6.93. The molecule has 4 heteroatoms. The summed E-state index contributed by atoms with van der Waals surface area (Å²) in [5, 5.41) is 0.554. The molecule has 0 spiro atoms. The SMILES string of the molecule is CC(N)(c1cccc(F)c1)c1ccc(Br)cc1Cl. The van der Waals surface area contributed by atoms with E-state index in [1.165, 1.54) is 12.1 Å². The summed E-state index contributed by atoms with van der Waals surface area (Å²) in [6.07, 6.45) is 0. The van der Waals surface area contributed by atoms with E-state index in [4.69, 9.17) is 17.3 Å². The van der Waals surface area contributed by atoms with Crippen molar-refractivity contribution in [3.8, 4) is 0 Å². The molecule has 0 aliphatic rings. The molecule has 2 aromatic carbocycles. The molecule has 0 fully saturated rings. The van der Waals surface area contributed by atoms with E-state index in [-0.39, 0.29) is 5.82 Å². The second kappa shape index (κ2) is 5.00. The number of hydrogen-bond donors (Lipinski definition) is 1. The number of nitrogens with two attached hydrogens (primary N) is 1. The normalized spacial score (nSPS) is 14.3. The van der Waals surface area contributed by atoms with Crippen molar-refractivity contribution in [1.82, 2.24) is 0 Å². The van der Waals surface area contributed by atoms with Gasteiger partial charge in [0.15, 0.2) is 0 Å². The van der Waals surface area contributed by atoms with Crippen LogP contribution < -0.4 is 5.73 Å². The zero-order chi connectivity index (χ0) is 13.3. The molecule has 0 bridgehead atoms. The first-order chi connectivity index (χ1) is 8.41. The molecule has 2 rings (SSSR count). The Labute approximate surface area is 119 Å². The van der Waals surface area contributed by atoms with Crippen LogP contribution >= 0.6 is 27.5 Å². The van der Waals surface area contributed by atoms with Gasteiger partial charge in [-0.1, -0.05) is 45.7 Å². The second-order valence-corrected chi connectivity index (χ2v) is 5.66. The predicted octanol–water partition coefficient (Wildman–Crippen LogP) is 4.46. The molecule has 94 valence electrons. The number of halogens is 3. The predicted molar refractivity (Wildman–Crippen MR) is 76.2 cm³/mol. The van der Waals surface area contributed by atoms with Gasteiger partial charge < -0.3 is 5.73 Å². The van der Waals surface area contributed by atoms with Gasteiger partial charge in [0.2, 0.25) is 0 Å². The first-order valence-electron chi connectivity index (χ1n) is 5.42. The molecule has 0 aliphatic carbocycles. The van der Waals surface area contributed by atoms with Crippen molar-refractivity contribution >= 4 is 27.5 Å². The van der Waals surface area contributed by atoms with Crippen molar-refractivity contribution in [3.63, 3.8) is 0 Å². The molecule has 0 aliphatic heterocycles. The highest BCUT2D eigenvalue weighted by atomic mass is 79.9. The van der Waals surface area contributed by atoms with Crippen LogP contribution in [0.25, 0.3) is 0 Å². The number of hydrogen-bond acceptors (Lipinski definition) is 1. The van der Waals surface area contributed by atoms with E-state index in [2.05, 4.69) is 15.9 Å². The largest absolute Gasteiger partial charge is 0.318 e. The molecular formula is C14H12BrClFN. The summed E-state index contributed by atoms with van der Waals surface area (Å²) in [5.74, 6) is -0.308. The zero-order valence-electron chi connectivity index (χ0n) is 9.75. The lowest BCUT2D eigenvalue weighted by Gasteiger charge is -2.27. The third-order valence-corrected chi connectivity index (χ3v) is 3.72. The molecule has 1 nitrogen and oxygen atoms in total. The highest BCUT2D eigenvalue weighted by molar-refractivity contribution is 9.10. The highest BCUT2D eigenvalue weighted by Gasteiger charge is 2.26. The summed E-state index contributed by atoms with van der Waals surface area (Å²) >= 11 is 9.55. The fraction of sp³-hybridized carbons (Fsp3) is 0.143. The van der Waals surface area contributed by atoms with Gasteiger partial charge in [0.25, 0.3) is 0 Å². The van der Waals surface area contributed by atoms with Crippen molar-refractivity contribution in [2.45, 2.75) is 12.5 Å². The molecule has 0 aromatic heterocycles. The van der Waals surface area contributed by atoms with Crippen LogP contribution in [-0.4, -0.2) is 0 Å². The van der Waals surface area contributed by atoms with Gasteiger partial charge in [-0.05, 0) is 42.3 Å². The molecule has 0 radical (unpaired) electrons. The molecule has 2 N–H and O–H groups in total. The third kappa shape index (κ3) is 2.58. The molecule has 0 heterocycles. The maximum absolute atomic E-state index is 13.3. The molecular weight excluding hydrogens is 317 g/mol. The Balaban J connectivity index is 2.53. The Morgan fingerprint density at radius 1 is 1.22 bits per heavy atom. The maximum atomic E-state index is 13.3. The van der Waals surface area contributed by atoms with Crippen LogP contribution in [0, 0.1) is 5.82 Å². The van der Waals surface area contributed by atoms with E-state index in [1.807, 2.05) is 19.1 Å². The van der Waals surface area contributed by atoms with Gasteiger partial charge >= 0.3 is 0 Å². The molecule has 0 saturated carbocycles. The van der Waals surface area contributed by atoms with Crippen LogP contribution in [0.1, 0.15) is 18.1 Å². The number of benzene rings is 2. The quantitative estimate of drug-likeness (QED) is 0.865. The van der Waals surface area contributed by atoms with Gasteiger partial charge in [-0.15, -0.1) is 0 Å². The summed E-state index contributed by atoms with van der Waals surface area (Å²) < 4.78 is 14.2. The lowest BCUT2D eigenvalue weighted by Crippen LogP contribution is -2.34. The second-order valence-electron chi connectivity index (χ2n) is 4.34. The van der Waals surface area contributed by atoms with E-state index < -0.39 is 5.54 Å². The fourth-order valence-electron chi connectivity index (χ4n) is 1.88. The molecule has 1 atom stereocenters. The smallest absolute Gasteiger partial charge is 0.123 e. The van der Waals surface area contributed by atoms with E-state index in [1.54, 1.807) is 18.2 Å². The summed E-state index contributed by atoms with van der Waals surface area (Å²) in [7, 11) is 0. The summed E-state index contributed by atoms with van der Waals surface area (Å²) in [6.45, 7) is 1.82. The molecule has 2 aromatic rings. The minimum absolute atomic E-state index is 0.308. The monoisotopic (exact) mass is 327 g/mol. The summed E-state index contributed by atoms with van der Waals surface area (Å²) in [4.78, 5) is 0. The maximum Gasteiger partial charge on any atom is 0.123 e. The van der Waals surface area contributed by atoms with E-state index in [0.717, 1.165) is 10.0 Å².